The van der Waals surface area contributed by atoms with E-state index in [1.165, 1.54) is 0 Å². The van der Waals surface area contributed by atoms with Crippen molar-refractivity contribution in [1.82, 2.24) is 0 Å². The van der Waals surface area contributed by atoms with Crippen LogP contribution in [0.25, 0.3) is 0 Å². The van der Waals surface area contributed by atoms with E-state index in [-0.39, 0.29) is 0 Å². The Morgan fingerprint density at radius 3 is 1.45 bits per heavy atom. The van der Waals surface area contributed by atoms with Gasteiger partial charge < -0.3 is 4.74 Å². The Morgan fingerprint density at radius 1 is 0.586 bits per heavy atom. The highest BCUT2D eigenvalue weighted by atomic mass is 35.5. The van der Waals surface area contributed by atoms with Gasteiger partial charge in [-0.1, -0.05) is 120 Å². The number of rotatable bonds is 6. The fraction of sp³-hybridized carbons (Fsp3) is 0.0769. The van der Waals surface area contributed by atoms with Crippen molar-refractivity contribution in [2.75, 3.05) is 0 Å². The molecular weight excluding hydrogens is 399 g/mol. The highest BCUT2D eigenvalue weighted by Gasteiger charge is 2.37. The molecule has 144 valence electrons. The average molecular weight is 419 g/mol. The van der Waals surface area contributed by atoms with Gasteiger partial charge in [-0.05, 0) is 34.4 Å². The van der Waals surface area contributed by atoms with Crippen molar-refractivity contribution in [3.8, 4) is 0 Å². The smallest absolute Gasteiger partial charge is 0.144 e. The molecule has 0 aliphatic carbocycles. The second-order valence-corrected chi connectivity index (χ2v) is 7.65. The van der Waals surface area contributed by atoms with Gasteiger partial charge in [-0.2, -0.15) is 0 Å². The third kappa shape index (κ3) is 4.09. The lowest BCUT2D eigenvalue weighted by Crippen LogP contribution is -2.32. The summed E-state index contributed by atoms with van der Waals surface area (Å²) in [6, 6.07) is 36.4. The Kier molecular flexibility index (Phi) is 6.01. The predicted molar refractivity (Wildman–Crippen MR) is 120 cm³/mol. The van der Waals surface area contributed by atoms with Crippen LogP contribution in [0.4, 0.5) is 0 Å². The molecule has 4 rings (SSSR count). The van der Waals surface area contributed by atoms with E-state index in [2.05, 4.69) is 36.4 Å². The highest BCUT2D eigenvalue weighted by molar-refractivity contribution is 6.35. The van der Waals surface area contributed by atoms with E-state index in [9.17, 15) is 0 Å². The summed E-state index contributed by atoms with van der Waals surface area (Å²) in [5.41, 5.74) is 3.29. The third-order valence-corrected chi connectivity index (χ3v) is 5.59. The molecule has 0 amide bonds. The molecule has 0 aromatic heterocycles. The van der Waals surface area contributed by atoms with Crippen LogP contribution < -0.4 is 0 Å². The van der Waals surface area contributed by atoms with E-state index in [1.807, 2.05) is 66.7 Å². The van der Waals surface area contributed by atoms with Crippen LogP contribution in [0.5, 0.6) is 0 Å². The molecule has 0 N–H and O–H groups in total. The third-order valence-electron chi connectivity index (χ3n) is 5.00. The van der Waals surface area contributed by atoms with Gasteiger partial charge in [0.2, 0.25) is 0 Å². The first-order chi connectivity index (χ1) is 14.2. The van der Waals surface area contributed by atoms with Crippen molar-refractivity contribution < 1.29 is 4.74 Å². The zero-order valence-electron chi connectivity index (χ0n) is 15.8. The molecule has 0 bridgehead atoms. The van der Waals surface area contributed by atoms with E-state index < -0.39 is 5.60 Å². The Hall–Kier alpha value is -2.58. The van der Waals surface area contributed by atoms with Crippen molar-refractivity contribution in [3.63, 3.8) is 0 Å². The summed E-state index contributed by atoms with van der Waals surface area (Å²) >= 11 is 12.5. The van der Waals surface area contributed by atoms with Crippen LogP contribution in [0.3, 0.4) is 0 Å². The molecule has 3 heteroatoms. The lowest BCUT2D eigenvalue weighted by atomic mass is 9.80. The number of benzene rings is 4. The molecule has 4 aromatic carbocycles. The maximum atomic E-state index is 6.77. The van der Waals surface area contributed by atoms with Crippen LogP contribution in [0, 0.1) is 0 Å². The van der Waals surface area contributed by atoms with Gasteiger partial charge in [0.1, 0.15) is 5.60 Å². The molecule has 0 atom stereocenters. The maximum absolute atomic E-state index is 6.77. The number of hydrogen-bond acceptors (Lipinski definition) is 1. The van der Waals surface area contributed by atoms with Crippen LogP contribution >= 0.6 is 23.2 Å². The average Bonchev–Trinajstić information content (AvgIpc) is 2.78. The van der Waals surface area contributed by atoms with Crippen molar-refractivity contribution in [2.24, 2.45) is 0 Å². The minimum absolute atomic E-state index is 0.342. The first-order valence-electron chi connectivity index (χ1n) is 9.44. The van der Waals surface area contributed by atoms with Crippen LogP contribution in [0.15, 0.2) is 109 Å². The summed E-state index contributed by atoms with van der Waals surface area (Å²) < 4.78 is 6.77. The Balaban J connectivity index is 1.88. The molecule has 29 heavy (non-hydrogen) atoms. The van der Waals surface area contributed by atoms with Crippen molar-refractivity contribution in [1.29, 1.82) is 0 Å². The Bertz CT molecular complexity index is 967. The number of halogens is 2. The molecule has 0 fully saturated rings. The largest absolute Gasteiger partial charge is 0.356 e. The maximum Gasteiger partial charge on any atom is 0.144 e. The summed E-state index contributed by atoms with van der Waals surface area (Å²) in [7, 11) is 0. The van der Waals surface area contributed by atoms with Gasteiger partial charge in [0, 0.05) is 10.0 Å². The van der Waals surface area contributed by atoms with Crippen molar-refractivity contribution >= 4 is 23.2 Å². The van der Waals surface area contributed by atoms with Crippen molar-refractivity contribution in [3.05, 3.63) is 141 Å². The van der Waals surface area contributed by atoms with Gasteiger partial charge in [0.25, 0.3) is 0 Å². The minimum atomic E-state index is -0.771. The van der Waals surface area contributed by atoms with Crippen LogP contribution in [0.1, 0.15) is 22.3 Å². The van der Waals surface area contributed by atoms with Crippen molar-refractivity contribution in [2.45, 2.75) is 12.2 Å². The summed E-state index contributed by atoms with van der Waals surface area (Å²) in [6.45, 7) is 0.342. The molecule has 0 saturated heterocycles. The molecule has 0 radical (unpaired) electrons. The zero-order valence-corrected chi connectivity index (χ0v) is 17.3. The van der Waals surface area contributed by atoms with Crippen LogP contribution in [-0.4, -0.2) is 0 Å². The van der Waals surface area contributed by atoms with E-state index in [0.29, 0.717) is 16.7 Å². The molecule has 1 nitrogen and oxygen atoms in total. The topological polar surface area (TPSA) is 9.23 Å². The predicted octanol–water partition coefficient (Wildman–Crippen LogP) is 7.50. The number of ether oxygens (including phenoxy) is 1. The molecule has 0 aliphatic heterocycles. The lowest BCUT2D eigenvalue weighted by molar-refractivity contribution is 0.000284. The second-order valence-electron chi connectivity index (χ2n) is 6.80. The molecule has 0 spiro atoms. The summed E-state index contributed by atoms with van der Waals surface area (Å²) in [5.74, 6) is 0. The monoisotopic (exact) mass is 418 g/mol. The van der Waals surface area contributed by atoms with Crippen LogP contribution in [-0.2, 0) is 16.9 Å². The SMILES string of the molecule is Clc1ccc(COC(c2ccccc2)(c2ccccc2)c2ccccc2)c(Cl)c1. The normalized spacial score (nSPS) is 11.4. The van der Waals surface area contributed by atoms with E-state index in [1.54, 1.807) is 6.07 Å². The van der Waals surface area contributed by atoms with E-state index in [0.717, 1.165) is 22.3 Å². The van der Waals surface area contributed by atoms with Gasteiger partial charge in [0.15, 0.2) is 0 Å². The quantitative estimate of drug-likeness (QED) is 0.294. The highest BCUT2D eigenvalue weighted by Crippen LogP contribution is 2.41. The Labute approximate surface area is 181 Å². The molecule has 4 aromatic rings. The fourth-order valence-electron chi connectivity index (χ4n) is 3.59. The molecular formula is C26H20Cl2O. The van der Waals surface area contributed by atoms with Gasteiger partial charge in [-0.25, -0.2) is 0 Å². The zero-order chi connectivity index (χ0) is 20.1. The second kappa shape index (κ2) is 8.84. The van der Waals surface area contributed by atoms with Gasteiger partial charge in [-0.15, -0.1) is 0 Å². The molecule has 0 saturated carbocycles. The van der Waals surface area contributed by atoms with Crippen LogP contribution in [0.2, 0.25) is 10.0 Å². The van der Waals surface area contributed by atoms with Gasteiger partial charge >= 0.3 is 0 Å². The Morgan fingerprint density at radius 2 is 1.03 bits per heavy atom. The number of hydrogen-bond donors (Lipinski definition) is 0. The minimum Gasteiger partial charge on any atom is -0.356 e. The summed E-state index contributed by atoms with van der Waals surface area (Å²) in [5, 5.41) is 1.21. The molecule has 0 heterocycles. The molecule has 0 unspecified atom stereocenters. The summed E-state index contributed by atoms with van der Waals surface area (Å²) in [6.07, 6.45) is 0. The first-order valence-corrected chi connectivity index (χ1v) is 10.2. The van der Waals surface area contributed by atoms with Gasteiger partial charge in [-0.3, -0.25) is 0 Å². The standard InChI is InChI=1S/C26H20Cl2O/c27-24-17-16-20(25(28)18-24)19-29-26(21-10-4-1-5-11-21,22-12-6-2-7-13-22)23-14-8-3-9-15-23/h1-18H,19H2. The summed E-state index contributed by atoms with van der Waals surface area (Å²) in [4.78, 5) is 0. The van der Waals surface area contributed by atoms with E-state index >= 15 is 0 Å². The molecule has 0 aliphatic rings. The first kappa shape index (κ1) is 19.7. The lowest BCUT2D eigenvalue weighted by Gasteiger charge is -2.36. The van der Waals surface area contributed by atoms with E-state index in [4.69, 9.17) is 27.9 Å². The van der Waals surface area contributed by atoms with Gasteiger partial charge in [0.05, 0.1) is 6.61 Å². The fourth-order valence-corrected chi connectivity index (χ4v) is 4.06.